The minimum absolute atomic E-state index is 0.0376. The quantitative estimate of drug-likeness (QED) is 0.669. The van der Waals surface area contributed by atoms with Gasteiger partial charge in [-0.1, -0.05) is 6.07 Å². The Morgan fingerprint density at radius 3 is 2.63 bits per heavy atom. The molecule has 0 amide bonds. The van der Waals surface area contributed by atoms with Crippen molar-refractivity contribution in [2.45, 2.75) is 23.7 Å². The number of sulfonamides is 1. The molecule has 1 aliphatic heterocycles. The van der Waals surface area contributed by atoms with Crippen molar-refractivity contribution in [2.24, 2.45) is 5.92 Å². The third kappa shape index (κ3) is 4.40. The van der Waals surface area contributed by atoms with Crippen molar-refractivity contribution in [3.63, 3.8) is 0 Å². The molecule has 2 aromatic rings. The van der Waals surface area contributed by atoms with Gasteiger partial charge in [-0.25, -0.2) is 13.2 Å². The maximum absolute atomic E-state index is 12.5. The highest BCUT2D eigenvalue weighted by atomic mass is 32.2. The second kappa shape index (κ2) is 8.24. The first-order chi connectivity index (χ1) is 12.9. The van der Waals surface area contributed by atoms with Crippen LogP contribution in [0.3, 0.4) is 0 Å². The molecular formula is C17H19NO7S2. The summed E-state index contributed by atoms with van der Waals surface area (Å²) in [5.41, 5.74) is 0. The second-order valence-corrected chi connectivity index (χ2v) is 9.09. The van der Waals surface area contributed by atoms with Gasteiger partial charge in [-0.05, 0) is 36.4 Å². The highest BCUT2D eigenvalue weighted by Gasteiger charge is 2.33. The van der Waals surface area contributed by atoms with Crippen LogP contribution >= 0.6 is 11.3 Å². The number of piperidine rings is 1. The Kier molecular flexibility index (Phi) is 5.98. The SMILES string of the molecule is COC(=O)c1ccc(COC(=O)C2CCN(S(=O)(=O)c3cccs3)CC2)o1. The zero-order valence-corrected chi connectivity index (χ0v) is 16.3. The number of methoxy groups -OCH3 is 1. The van der Waals surface area contributed by atoms with Gasteiger partial charge in [0.1, 0.15) is 16.6 Å². The summed E-state index contributed by atoms with van der Waals surface area (Å²) in [5.74, 6) is -1.00. The van der Waals surface area contributed by atoms with Crippen molar-refractivity contribution in [3.8, 4) is 0 Å². The van der Waals surface area contributed by atoms with Gasteiger partial charge in [0.15, 0.2) is 0 Å². The van der Waals surface area contributed by atoms with Gasteiger partial charge in [-0.2, -0.15) is 4.31 Å². The molecule has 3 heterocycles. The number of carbonyl (C=O) groups is 2. The molecule has 0 bridgehead atoms. The van der Waals surface area contributed by atoms with E-state index >= 15 is 0 Å². The second-order valence-electron chi connectivity index (χ2n) is 5.98. The molecule has 1 fully saturated rings. The van der Waals surface area contributed by atoms with E-state index in [9.17, 15) is 18.0 Å². The first kappa shape index (κ1) is 19.6. The Bertz CT molecular complexity index is 894. The number of hydrogen-bond acceptors (Lipinski definition) is 8. The van der Waals surface area contributed by atoms with E-state index in [0.717, 1.165) is 0 Å². The molecule has 0 atom stereocenters. The molecular weight excluding hydrogens is 394 g/mol. The number of ether oxygens (including phenoxy) is 2. The summed E-state index contributed by atoms with van der Waals surface area (Å²) in [6.07, 6.45) is 0.796. The highest BCUT2D eigenvalue weighted by molar-refractivity contribution is 7.91. The molecule has 10 heteroatoms. The molecule has 1 aliphatic rings. The van der Waals surface area contributed by atoms with E-state index in [1.165, 1.54) is 34.9 Å². The van der Waals surface area contributed by atoms with E-state index < -0.39 is 22.0 Å². The van der Waals surface area contributed by atoms with E-state index in [1.54, 1.807) is 17.5 Å². The Morgan fingerprint density at radius 1 is 1.26 bits per heavy atom. The largest absolute Gasteiger partial charge is 0.463 e. The zero-order chi connectivity index (χ0) is 19.4. The van der Waals surface area contributed by atoms with E-state index in [0.29, 0.717) is 22.8 Å². The van der Waals surface area contributed by atoms with Crippen LogP contribution in [-0.4, -0.2) is 44.9 Å². The fraction of sp³-hybridized carbons (Fsp3) is 0.412. The van der Waals surface area contributed by atoms with Gasteiger partial charge < -0.3 is 13.9 Å². The lowest BCUT2D eigenvalue weighted by molar-refractivity contribution is -0.151. The van der Waals surface area contributed by atoms with Crippen LogP contribution in [0.1, 0.15) is 29.2 Å². The van der Waals surface area contributed by atoms with Crippen molar-refractivity contribution in [1.82, 2.24) is 4.31 Å². The van der Waals surface area contributed by atoms with Gasteiger partial charge in [0.25, 0.3) is 10.0 Å². The summed E-state index contributed by atoms with van der Waals surface area (Å²) in [4.78, 5) is 23.6. The van der Waals surface area contributed by atoms with Crippen LogP contribution in [0.15, 0.2) is 38.3 Å². The Balaban J connectivity index is 1.50. The van der Waals surface area contributed by atoms with E-state index in [2.05, 4.69) is 4.74 Å². The molecule has 146 valence electrons. The van der Waals surface area contributed by atoms with E-state index in [1.807, 2.05) is 0 Å². The predicted molar refractivity (Wildman–Crippen MR) is 95.6 cm³/mol. The molecule has 0 spiro atoms. The van der Waals surface area contributed by atoms with Gasteiger partial charge in [0.2, 0.25) is 5.76 Å². The summed E-state index contributed by atoms with van der Waals surface area (Å²) in [6, 6.07) is 6.26. The van der Waals surface area contributed by atoms with Crippen molar-refractivity contribution >= 4 is 33.3 Å². The van der Waals surface area contributed by atoms with Gasteiger partial charge in [0, 0.05) is 13.1 Å². The van der Waals surface area contributed by atoms with Crippen molar-refractivity contribution in [3.05, 3.63) is 41.2 Å². The standard InChI is InChI=1S/C17H19NO7S2/c1-23-17(20)14-5-4-13(25-14)11-24-16(19)12-6-8-18(9-7-12)27(21,22)15-3-2-10-26-15/h2-5,10,12H,6-9,11H2,1H3. The number of furan rings is 1. The topological polar surface area (TPSA) is 103 Å². The van der Waals surface area contributed by atoms with Crippen LogP contribution in [0, 0.1) is 5.92 Å². The lowest BCUT2D eigenvalue weighted by atomic mass is 9.98. The summed E-state index contributed by atoms with van der Waals surface area (Å²) in [7, 11) is -2.24. The van der Waals surface area contributed by atoms with Crippen molar-refractivity contribution in [1.29, 1.82) is 0 Å². The maximum Gasteiger partial charge on any atom is 0.373 e. The van der Waals surface area contributed by atoms with Gasteiger partial charge in [0.05, 0.1) is 13.0 Å². The average Bonchev–Trinajstić information content (AvgIpc) is 3.37. The first-order valence-corrected chi connectivity index (χ1v) is 10.6. The molecule has 0 aliphatic carbocycles. The maximum atomic E-state index is 12.5. The summed E-state index contributed by atoms with van der Waals surface area (Å²) in [6.45, 7) is 0.448. The molecule has 27 heavy (non-hydrogen) atoms. The Labute approximate surface area is 160 Å². The van der Waals surface area contributed by atoms with Crippen LogP contribution in [0.5, 0.6) is 0 Å². The number of thiophene rings is 1. The van der Waals surface area contributed by atoms with Crippen LogP contribution < -0.4 is 0 Å². The van der Waals surface area contributed by atoms with E-state index in [-0.39, 0.29) is 31.4 Å². The molecule has 0 N–H and O–H groups in total. The summed E-state index contributed by atoms with van der Waals surface area (Å²) in [5, 5.41) is 1.72. The third-order valence-electron chi connectivity index (χ3n) is 4.28. The third-order valence-corrected chi connectivity index (χ3v) is 7.55. The number of hydrogen-bond donors (Lipinski definition) is 0. The first-order valence-electron chi connectivity index (χ1n) is 8.29. The molecule has 1 saturated heterocycles. The molecule has 0 aromatic carbocycles. The van der Waals surface area contributed by atoms with Crippen molar-refractivity contribution < 1.29 is 31.9 Å². The highest BCUT2D eigenvalue weighted by Crippen LogP contribution is 2.27. The van der Waals surface area contributed by atoms with Crippen LogP contribution in [0.2, 0.25) is 0 Å². The summed E-state index contributed by atoms with van der Waals surface area (Å²) < 4.78 is 41.7. The fourth-order valence-electron chi connectivity index (χ4n) is 2.80. The van der Waals surface area contributed by atoms with Crippen LogP contribution in [-0.2, 0) is 30.9 Å². The zero-order valence-electron chi connectivity index (χ0n) is 14.6. The molecule has 0 radical (unpaired) electrons. The summed E-state index contributed by atoms with van der Waals surface area (Å²) >= 11 is 1.18. The molecule has 2 aromatic heterocycles. The molecule has 0 unspecified atom stereocenters. The minimum Gasteiger partial charge on any atom is -0.463 e. The smallest absolute Gasteiger partial charge is 0.373 e. The van der Waals surface area contributed by atoms with Gasteiger partial charge in [-0.3, -0.25) is 4.79 Å². The van der Waals surface area contributed by atoms with E-state index in [4.69, 9.17) is 9.15 Å². The lowest BCUT2D eigenvalue weighted by Gasteiger charge is -2.29. The van der Waals surface area contributed by atoms with Gasteiger partial charge >= 0.3 is 11.9 Å². The van der Waals surface area contributed by atoms with Gasteiger partial charge in [-0.15, -0.1) is 11.3 Å². The Morgan fingerprint density at radius 2 is 2.00 bits per heavy atom. The normalized spacial score (nSPS) is 16.2. The Hall–Kier alpha value is -2.17. The monoisotopic (exact) mass is 413 g/mol. The predicted octanol–water partition coefficient (Wildman–Crippen LogP) is 2.27. The number of esters is 2. The number of carbonyl (C=O) groups excluding carboxylic acids is 2. The van der Waals surface area contributed by atoms with Crippen LogP contribution in [0.25, 0.3) is 0 Å². The average molecular weight is 413 g/mol. The molecule has 3 rings (SSSR count). The number of nitrogens with zero attached hydrogens (tertiary/aromatic N) is 1. The minimum atomic E-state index is -3.49. The fourth-order valence-corrected chi connectivity index (χ4v) is 5.41. The van der Waals surface area contributed by atoms with Crippen molar-refractivity contribution in [2.75, 3.05) is 20.2 Å². The number of rotatable bonds is 6. The lowest BCUT2D eigenvalue weighted by Crippen LogP contribution is -2.40. The van der Waals surface area contributed by atoms with Crippen LogP contribution in [0.4, 0.5) is 0 Å². The molecule has 8 nitrogen and oxygen atoms in total. The molecule has 0 saturated carbocycles.